The molecule has 3 amide bonds. The van der Waals surface area contributed by atoms with Crippen LogP contribution in [0.1, 0.15) is 28.8 Å². The topological polar surface area (TPSA) is 180 Å². The number of aromatic nitrogens is 1. The van der Waals surface area contributed by atoms with Gasteiger partial charge in [-0.1, -0.05) is 12.1 Å². The number of primary amides is 1. The lowest BCUT2D eigenvalue weighted by Crippen LogP contribution is -2.33. The Labute approximate surface area is 186 Å². The molecule has 0 spiro atoms. The fourth-order valence-electron chi connectivity index (χ4n) is 3.11. The van der Waals surface area contributed by atoms with Crippen molar-refractivity contribution in [2.45, 2.75) is 25.9 Å². The van der Waals surface area contributed by atoms with Gasteiger partial charge in [0.1, 0.15) is 0 Å². The number of nitrogens with one attached hydrogen (secondary N) is 2. The van der Waals surface area contributed by atoms with Crippen LogP contribution in [0, 0.1) is 10.1 Å². The Morgan fingerprint density at radius 1 is 1.09 bits per heavy atom. The van der Waals surface area contributed by atoms with Crippen molar-refractivity contribution < 1.29 is 23.7 Å². The normalized spacial score (nSPS) is 10.7. The molecular weight excluding hydrogens is 434 g/mol. The molecule has 0 aliphatic carbocycles. The van der Waals surface area contributed by atoms with Gasteiger partial charge in [-0.15, -0.1) is 0 Å². The smallest absolute Gasteiger partial charge is 0.407 e. The van der Waals surface area contributed by atoms with Gasteiger partial charge in [-0.25, -0.2) is 4.79 Å². The summed E-state index contributed by atoms with van der Waals surface area (Å²) < 4.78 is 6.38. The lowest BCUT2D eigenvalue weighted by molar-refractivity contribution is -0.384. The second kappa shape index (κ2) is 10.2. The van der Waals surface area contributed by atoms with Gasteiger partial charge < -0.3 is 20.8 Å². The molecule has 0 aliphatic rings. The van der Waals surface area contributed by atoms with Crippen molar-refractivity contribution in [1.82, 2.24) is 15.2 Å². The number of carbonyl (C=O) groups is 3. The minimum atomic E-state index is -0.647. The second-order valence-electron chi connectivity index (χ2n) is 7.15. The van der Waals surface area contributed by atoms with E-state index in [2.05, 4.69) is 10.6 Å². The Morgan fingerprint density at radius 2 is 1.82 bits per heavy atom. The number of amides is 3. The summed E-state index contributed by atoms with van der Waals surface area (Å²) in [7, 11) is 0. The summed E-state index contributed by atoms with van der Waals surface area (Å²) in [5.41, 5.74) is 6.47. The molecule has 0 bridgehead atoms. The number of oxazole rings is 1. The monoisotopic (exact) mass is 455 g/mol. The summed E-state index contributed by atoms with van der Waals surface area (Å²) in [4.78, 5) is 57.0. The standard InChI is InChI=1S/C21H21N5O7/c22-18(27)12-24-20(29)14-5-3-13(4-6-14)11-23-19(28)2-1-9-25-16-8-7-15(26(31)32)10-17(16)33-21(25)30/h3-8,10H,1-2,9,11-12H2,(H2,22,27)(H,23,28)(H,24,29). The molecule has 0 atom stereocenters. The highest BCUT2D eigenvalue weighted by molar-refractivity contribution is 5.96. The van der Waals surface area contributed by atoms with Crippen LogP contribution in [0.5, 0.6) is 0 Å². The minimum Gasteiger partial charge on any atom is -0.407 e. The Bertz CT molecular complexity index is 1260. The van der Waals surface area contributed by atoms with Crippen molar-refractivity contribution >= 4 is 34.5 Å². The van der Waals surface area contributed by atoms with E-state index in [1.54, 1.807) is 24.3 Å². The van der Waals surface area contributed by atoms with Gasteiger partial charge in [0.15, 0.2) is 5.58 Å². The lowest BCUT2D eigenvalue weighted by atomic mass is 10.1. The zero-order chi connectivity index (χ0) is 24.0. The van der Waals surface area contributed by atoms with Crippen LogP contribution in [0.25, 0.3) is 11.1 Å². The van der Waals surface area contributed by atoms with E-state index < -0.39 is 22.5 Å². The number of aryl methyl sites for hydroxylation is 1. The molecule has 1 aromatic heterocycles. The van der Waals surface area contributed by atoms with Gasteiger partial charge in [-0.3, -0.25) is 29.1 Å². The van der Waals surface area contributed by atoms with Gasteiger partial charge >= 0.3 is 5.76 Å². The summed E-state index contributed by atoms with van der Waals surface area (Å²) >= 11 is 0. The highest BCUT2D eigenvalue weighted by atomic mass is 16.6. The van der Waals surface area contributed by atoms with Crippen LogP contribution in [-0.2, 0) is 22.7 Å². The maximum Gasteiger partial charge on any atom is 0.419 e. The first-order valence-corrected chi connectivity index (χ1v) is 9.94. The van der Waals surface area contributed by atoms with Gasteiger partial charge in [-0.05, 0) is 30.2 Å². The van der Waals surface area contributed by atoms with Crippen LogP contribution in [0.4, 0.5) is 5.69 Å². The van der Waals surface area contributed by atoms with Gasteiger partial charge in [-0.2, -0.15) is 0 Å². The zero-order valence-corrected chi connectivity index (χ0v) is 17.4. The third-order valence-corrected chi connectivity index (χ3v) is 4.78. The largest absolute Gasteiger partial charge is 0.419 e. The van der Waals surface area contributed by atoms with Crippen LogP contribution in [0.2, 0.25) is 0 Å². The fraction of sp³-hybridized carbons (Fsp3) is 0.238. The molecule has 1 heterocycles. The third-order valence-electron chi connectivity index (χ3n) is 4.78. The van der Waals surface area contributed by atoms with Crippen LogP contribution < -0.4 is 22.1 Å². The van der Waals surface area contributed by atoms with Crippen molar-refractivity contribution in [2.75, 3.05) is 6.54 Å². The van der Waals surface area contributed by atoms with Crippen LogP contribution in [-0.4, -0.2) is 33.8 Å². The Hall–Kier alpha value is -4.48. The molecule has 3 aromatic rings. The number of benzene rings is 2. The van der Waals surface area contributed by atoms with Crippen LogP contribution >= 0.6 is 0 Å². The second-order valence-corrected chi connectivity index (χ2v) is 7.15. The zero-order valence-electron chi connectivity index (χ0n) is 17.4. The highest BCUT2D eigenvalue weighted by Crippen LogP contribution is 2.20. The Morgan fingerprint density at radius 3 is 2.48 bits per heavy atom. The number of nitro groups is 1. The Balaban J connectivity index is 1.48. The first-order valence-electron chi connectivity index (χ1n) is 9.94. The number of nitro benzene ring substituents is 1. The average Bonchev–Trinajstić information content (AvgIpc) is 3.10. The van der Waals surface area contributed by atoms with E-state index in [1.165, 1.54) is 22.8 Å². The summed E-state index contributed by atoms with van der Waals surface area (Å²) in [5.74, 6) is -1.95. The number of hydrogen-bond acceptors (Lipinski definition) is 7. The van der Waals surface area contributed by atoms with E-state index in [0.717, 1.165) is 5.56 Å². The van der Waals surface area contributed by atoms with Gasteiger partial charge in [0.25, 0.3) is 11.6 Å². The number of rotatable bonds is 10. The number of fused-ring (bicyclic) bond motifs is 1. The predicted octanol–water partition coefficient (Wildman–Crippen LogP) is 0.814. The summed E-state index contributed by atoms with van der Waals surface area (Å²) in [5, 5.41) is 16.0. The minimum absolute atomic E-state index is 0.116. The van der Waals surface area contributed by atoms with Crippen molar-refractivity contribution in [2.24, 2.45) is 5.73 Å². The van der Waals surface area contributed by atoms with Gasteiger partial charge in [0, 0.05) is 31.1 Å². The molecular formula is C21H21N5O7. The molecule has 0 unspecified atom stereocenters. The average molecular weight is 455 g/mol. The van der Waals surface area contributed by atoms with Crippen LogP contribution in [0.3, 0.4) is 0 Å². The molecule has 0 saturated heterocycles. The molecule has 4 N–H and O–H groups in total. The van der Waals surface area contributed by atoms with Gasteiger partial charge in [0.2, 0.25) is 11.8 Å². The van der Waals surface area contributed by atoms with Crippen molar-refractivity contribution in [3.8, 4) is 0 Å². The molecule has 3 rings (SSSR count). The van der Waals surface area contributed by atoms with E-state index >= 15 is 0 Å². The number of nitrogens with two attached hydrogens (primary N) is 1. The molecule has 0 fully saturated rings. The fourth-order valence-corrected chi connectivity index (χ4v) is 3.11. The van der Waals surface area contributed by atoms with Gasteiger partial charge in [0.05, 0.1) is 23.1 Å². The van der Waals surface area contributed by atoms with Crippen LogP contribution in [0.15, 0.2) is 51.7 Å². The Kier molecular flexibility index (Phi) is 7.18. The molecule has 172 valence electrons. The SMILES string of the molecule is NC(=O)CNC(=O)c1ccc(CNC(=O)CCCn2c(=O)oc3cc([N+](=O)[O-])ccc32)cc1. The summed E-state index contributed by atoms with van der Waals surface area (Å²) in [6.45, 7) is 0.212. The maximum absolute atomic E-state index is 12.1. The summed E-state index contributed by atoms with van der Waals surface area (Å²) in [6, 6.07) is 10.4. The first-order chi connectivity index (χ1) is 15.7. The van der Waals surface area contributed by atoms with E-state index in [1.807, 2.05) is 0 Å². The summed E-state index contributed by atoms with van der Waals surface area (Å²) in [6.07, 6.45) is 0.510. The quantitative estimate of drug-likeness (QED) is 0.299. The molecule has 12 heteroatoms. The highest BCUT2D eigenvalue weighted by Gasteiger charge is 2.14. The molecule has 0 aliphatic heterocycles. The molecule has 0 saturated carbocycles. The van der Waals surface area contributed by atoms with E-state index in [4.69, 9.17) is 10.2 Å². The van der Waals surface area contributed by atoms with E-state index in [9.17, 15) is 29.3 Å². The van der Waals surface area contributed by atoms with E-state index in [0.29, 0.717) is 17.5 Å². The van der Waals surface area contributed by atoms with Crippen molar-refractivity contribution in [3.05, 3.63) is 74.3 Å². The van der Waals surface area contributed by atoms with Crippen molar-refractivity contribution in [3.63, 3.8) is 0 Å². The molecule has 2 aromatic carbocycles. The number of hydrogen-bond donors (Lipinski definition) is 3. The maximum atomic E-state index is 12.1. The first kappa shape index (κ1) is 23.2. The predicted molar refractivity (Wildman–Crippen MR) is 116 cm³/mol. The third kappa shape index (κ3) is 6.03. The molecule has 12 nitrogen and oxygen atoms in total. The van der Waals surface area contributed by atoms with E-state index in [-0.39, 0.29) is 43.2 Å². The van der Waals surface area contributed by atoms with Crippen molar-refractivity contribution in [1.29, 1.82) is 0 Å². The molecule has 33 heavy (non-hydrogen) atoms. The number of non-ortho nitro benzene ring substituents is 1. The molecule has 0 radical (unpaired) electrons. The number of carbonyl (C=O) groups excluding carboxylic acids is 3. The lowest BCUT2D eigenvalue weighted by Gasteiger charge is -2.07. The number of nitrogens with zero attached hydrogens (tertiary/aromatic N) is 2.